The Bertz CT molecular complexity index is 621. The highest BCUT2D eigenvalue weighted by Crippen LogP contribution is 2.17. The number of nitrogens with zero attached hydrogens (tertiary/aromatic N) is 2. The molecule has 8 nitrogen and oxygen atoms in total. The zero-order chi connectivity index (χ0) is 19.6. The standard InChI is InChI=1S/C19H31N3O5/c1-14-17(18(23)25-4)12-16(27-14)13-21-19(20-2)22-8-6-15(7-9-22)26-11-5-10-24-3/h12,15H,5-11,13H2,1-4H3,(H,20,21). The maximum Gasteiger partial charge on any atom is 0.341 e. The first kappa shape index (κ1) is 21.2. The molecule has 1 fully saturated rings. The minimum Gasteiger partial charge on any atom is -0.465 e. The van der Waals surface area contributed by atoms with Gasteiger partial charge in [0.1, 0.15) is 17.1 Å². The molecule has 0 radical (unpaired) electrons. The van der Waals surface area contributed by atoms with E-state index in [2.05, 4.69) is 15.2 Å². The molecule has 0 saturated carbocycles. The molecule has 0 spiro atoms. The molecule has 27 heavy (non-hydrogen) atoms. The highest BCUT2D eigenvalue weighted by atomic mass is 16.5. The van der Waals surface area contributed by atoms with Crippen molar-refractivity contribution in [2.75, 3.05) is 47.6 Å². The van der Waals surface area contributed by atoms with Crippen LogP contribution in [-0.4, -0.2) is 70.5 Å². The minimum atomic E-state index is -0.389. The molecular formula is C19H31N3O5. The van der Waals surface area contributed by atoms with Crippen LogP contribution in [0.25, 0.3) is 0 Å². The van der Waals surface area contributed by atoms with Crippen LogP contribution >= 0.6 is 0 Å². The summed E-state index contributed by atoms with van der Waals surface area (Å²) in [7, 11) is 4.83. The fourth-order valence-electron chi connectivity index (χ4n) is 3.13. The van der Waals surface area contributed by atoms with Crippen molar-refractivity contribution in [3.8, 4) is 0 Å². The summed E-state index contributed by atoms with van der Waals surface area (Å²) in [5.41, 5.74) is 0.454. The highest BCUT2D eigenvalue weighted by Gasteiger charge is 2.22. The Morgan fingerprint density at radius 3 is 2.70 bits per heavy atom. The number of rotatable bonds is 8. The fraction of sp³-hybridized carbons (Fsp3) is 0.684. The molecule has 0 bridgehead atoms. The van der Waals surface area contributed by atoms with Crippen LogP contribution in [0, 0.1) is 6.92 Å². The van der Waals surface area contributed by atoms with E-state index in [1.807, 2.05) is 0 Å². The summed E-state index contributed by atoms with van der Waals surface area (Å²) in [5.74, 6) is 1.66. The molecule has 1 aromatic rings. The zero-order valence-electron chi connectivity index (χ0n) is 16.7. The SMILES string of the molecule is CN=C(NCc1cc(C(=O)OC)c(C)o1)N1CCC(OCCCOC)CC1. The smallest absolute Gasteiger partial charge is 0.341 e. The van der Waals surface area contributed by atoms with E-state index in [-0.39, 0.29) is 5.97 Å². The Hall–Kier alpha value is -2.06. The van der Waals surface area contributed by atoms with E-state index >= 15 is 0 Å². The Morgan fingerprint density at radius 2 is 2.07 bits per heavy atom. The second kappa shape index (κ2) is 10.9. The molecule has 2 heterocycles. The second-order valence-electron chi connectivity index (χ2n) is 6.48. The number of esters is 1. The molecule has 152 valence electrons. The number of nitrogens with one attached hydrogen (secondary N) is 1. The number of piperidine rings is 1. The largest absolute Gasteiger partial charge is 0.465 e. The third kappa shape index (κ3) is 6.25. The van der Waals surface area contributed by atoms with Crippen molar-refractivity contribution in [3.63, 3.8) is 0 Å². The lowest BCUT2D eigenvalue weighted by Crippen LogP contribution is -2.46. The summed E-state index contributed by atoms with van der Waals surface area (Å²) in [5, 5.41) is 3.30. The van der Waals surface area contributed by atoms with Gasteiger partial charge >= 0.3 is 5.97 Å². The minimum absolute atomic E-state index is 0.298. The summed E-state index contributed by atoms with van der Waals surface area (Å²) in [6.07, 6.45) is 3.17. The van der Waals surface area contributed by atoms with Crippen LogP contribution < -0.4 is 5.32 Å². The number of furan rings is 1. The third-order valence-corrected chi connectivity index (χ3v) is 4.59. The number of likely N-dealkylation sites (tertiary alicyclic amines) is 1. The monoisotopic (exact) mass is 381 g/mol. The van der Waals surface area contributed by atoms with E-state index in [0.717, 1.165) is 51.5 Å². The normalized spacial score (nSPS) is 15.9. The predicted molar refractivity (Wildman–Crippen MR) is 102 cm³/mol. The van der Waals surface area contributed by atoms with Gasteiger partial charge in [-0.05, 0) is 32.3 Å². The molecule has 0 unspecified atom stereocenters. The van der Waals surface area contributed by atoms with Crippen molar-refractivity contribution in [3.05, 3.63) is 23.2 Å². The van der Waals surface area contributed by atoms with Gasteiger partial charge in [0.05, 0.1) is 19.8 Å². The molecule has 1 aliphatic rings. The van der Waals surface area contributed by atoms with E-state index in [1.54, 1.807) is 27.1 Å². The van der Waals surface area contributed by atoms with Gasteiger partial charge in [-0.15, -0.1) is 0 Å². The number of guanidine groups is 1. The van der Waals surface area contributed by atoms with Crippen molar-refractivity contribution in [1.82, 2.24) is 10.2 Å². The van der Waals surface area contributed by atoms with E-state index in [0.29, 0.717) is 29.7 Å². The van der Waals surface area contributed by atoms with E-state index < -0.39 is 0 Å². The van der Waals surface area contributed by atoms with Gasteiger partial charge in [0, 0.05) is 40.5 Å². The molecule has 1 aliphatic heterocycles. The number of aryl methyl sites for hydroxylation is 1. The van der Waals surface area contributed by atoms with Crippen LogP contribution in [0.2, 0.25) is 0 Å². The maximum absolute atomic E-state index is 11.7. The van der Waals surface area contributed by atoms with Gasteiger partial charge in [-0.1, -0.05) is 0 Å². The van der Waals surface area contributed by atoms with Gasteiger partial charge in [0.2, 0.25) is 0 Å². The quantitative estimate of drug-likeness (QED) is 0.319. The molecular weight excluding hydrogens is 350 g/mol. The second-order valence-corrected chi connectivity index (χ2v) is 6.48. The molecule has 1 aromatic heterocycles. The van der Waals surface area contributed by atoms with Crippen molar-refractivity contribution in [1.29, 1.82) is 0 Å². The number of methoxy groups -OCH3 is 2. The van der Waals surface area contributed by atoms with Gasteiger partial charge in [0.25, 0.3) is 0 Å². The van der Waals surface area contributed by atoms with Crippen molar-refractivity contribution < 1.29 is 23.4 Å². The lowest BCUT2D eigenvalue weighted by Gasteiger charge is -2.34. The summed E-state index contributed by atoms with van der Waals surface area (Å²) in [6.45, 7) is 5.46. The van der Waals surface area contributed by atoms with Crippen LogP contribution in [0.5, 0.6) is 0 Å². The molecule has 2 rings (SSSR count). The fourth-order valence-corrected chi connectivity index (χ4v) is 3.13. The van der Waals surface area contributed by atoms with Gasteiger partial charge in [-0.25, -0.2) is 4.79 Å². The number of carbonyl (C=O) groups excluding carboxylic acids is 1. The summed E-state index contributed by atoms with van der Waals surface area (Å²) in [4.78, 5) is 18.3. The van der Waals surface area contributed by atoms with Crippen molar-refractivity contribution >= 4 is 11.9 Å². The zero-order valence-corrected chi connectivity index (χ0v) is 16.7. The molecule has 0 atom stereocenters. The Kier molecular flexibility index (Phi) is 8.60. The first-order valence-corrected chi connectivity index (χ1v) is 9.32. The Labute approximate surface area is 160 Å². The molecule has 8 heteroatoms. The predicted octanol–water partition coefficient (Wildman–Crippen LogP) is 1.97. The van der Waals surface area contributed by atoms with Crippen molar-refractivity contribution in [2.24, 2.45) is 4.99 Å². The molecule has 0 amide bonds. The maximum atomic E-state index is 11.7. The highest BCUT2D eigenvalue weighted by molar-refractivity contribution is 5.90. The summed E-state index contributed by atoms with van der Waals surface area (Å²) >= 11 is 0. The molecule has 1 saturated heterocycles. The van der Waals surface area contributed by atoms with Crippen molar-refractivity contribution in [2.45, 2.75) is 38.8 Å². The average molecular weight is 381 g/mol. The van der Waals surface area contributed by atoms with Gasteiger partial charge in [-0.2, -0.15) is 0 Å². The number of hydrogen-bond donors (Lipinski definition) is 1. The summed E-state index contributed by atoms with van der Waals surface area (Å²) in [6, 6.07) is 1.71. The molecule has 1 N–H and O–H groups in total. The number of ether oxygens (including phenoxy) is 3. The van der Waals surface area contributed by atoms with E-state index in [1.165, 1.54) is 7.11 Å². The van der Waals surface area contributed by atoms with E-state index in [4.69, 9.17) is 18.6 Å². The number of hydrogen-bond acceptors (Lipinski definition) is 6. The van der Waals surface area contributed by atoms with Crippen LogP contribution in [0.4, 0.5) is 0 Å². The third-order valence-electron chi connectivity index (χ3n) is 4.59. The van der Waals surface area contributed by atoms with Gasteiger partial charge in [-0.3, -0.25) is 4.99 Å². The topological polar surface area (TPSA) is 85.5 Å². The number of carbonyl (C=O) groups is 1. The average Bonchev–Trinajstić information content (AvgIpc) is 3.06. The lowest BCUT2D eigenvalue weighted by atomic mass is 10.1. The Morgan fingerprint density at radius 1 is 1.33 bits per heavy atom. The summed E-state index contributed by atoms with van der Waals surface area (Å²) < 4.78 is 21.3. The molecule has 0 aromatic carbocycles. The first-order chi connectivity index (χ1) is 13.1. The van der Waals surface area contributed by atoms with Crippen LogP contribution in [0.1, 0.15) is 41.1 Å². The van der Waals surface area contributed by atoms with E-state index in [9.17, 15) is 4.79 Å². The molecule has 0 aliphatic carbocycles. The number of aliphatic imine (C=N–C) groups is 1. The first-order valence-electron chi connectivity index (χ1n) is 9.32. The van der Waals surface area contributed by atoms with Crippen LogP contribution in [0.15, 0.2) is 15.5 Å². The Balaban J connectivity index is 1.79. The van der Waals surface area contributed by atoms with Gasteiger partial charge in [0.15, 0.2) is 5.96 Å². The van der Waals surface area contributed by atoms with Gasteiger partial charge < -0.3 is 28.8 Å². The van der Waals surface area contributed by atoms with Crippen LogP contribution in [0.3, 0.4) is 0 Å². The van der Waals surface area contributed by atoms with Crippen LogP contribution in [-0.2, 0) is 20.8 Å². The lowest BCUT2D eigenvalue weighted by molar-refractivity contribution is 0.00988.